The van der Waals surface area contributed by atoms with Crippen molar-refractivity contribution < 1.29 is 22.4 Å². The SMILES string of the molecule is CC(C)(C)NC(=O)c1ccc(NC(=O)c2ccc(S(=O)(=O)N3CCCCC3)o2)cc1. The van der Waals surface area contributed by atoms with Gasteiger partial charge in [0.25, 0.3) is 21.8 Å². The minimum absolute atomic E-state index is 0.0971. The molecule has 0 saturated carbocycles. The lowest BCUT2D eigenvalue weighted by atomic mass is 10.1. The molecule has 1 aromatic heterocycles. The highest BCUT2D eigenvalue weighted by Crippen LogP contribution is 2.23. The number of nitrogens with one attached hydrogen (secondary N) is 2. The Balaban J connectivity index is 1.66. The fraction of sp³-hybridized carbons (Fsp3) is 0.429. The summed E-state index contributed by atoms with van der Waals surface area (Å²) in [6.07, 6.45) is 2.64. The standard InChI is InChI=1S/C21H27N3O5S/c1-21(2,3)23-19(25)15-7-9-16(10-8-15)22-20(26)17-11-12-18(29-17)30(27,28)24-13-5-4-6-14-24/h7-12H,4-6,13-14H2,1-3H3,(H,22,26)(H,23,25). The van der Waals surface area contributed by atoms with Crippen LogP contribution in [0.5, 0.6) is 0 Å². The molecule has 0 bridgehead atoms. The van der Waals surface area contributed by atoms with E-state index < -0.39 is 15.9 Å². The second-order valence-corrected chi connectivity index (χ2v) is 10.2. The normalized spacial score (nSPS) is 15.6. The number of nitrogens with zero attached hydrogens (tertiary/aromatic N) is 1. The molecule has 1 aliphatic heterocycles. The number of benzene rings is 1. The van der Waals surface area contributed by atoms with Crippen molar-refractivity contribution in [2.75, 3.05) is 18.4 Å². The van der Waals surface area contributed by atoms with E-state index in [2.05, 4.69) is 10.6 Å². The summed E-state index contributed by atoms with van der Waals surface area (Å²) < 4.78 is 32.0. The van der Waals surface area contributed by atoms with Gasteiger partial charge in [-0.1, -0.05) is 6.42 Å². The molecule has 2 amide bonds. The van der Waals surface area contributed by atoms with E-state index in [0.717, 1.165) is 19.3 Å². The highest BCUT2D eigenvalue weighted by molar-refractivity contribution is 7.89. The first-order chi connectivity index (χ1) is 14.1. The van der Waals surface area contributed by atoms with Crippen LogP contribution < -0.4 is 10.6 Å². The van der Waals surface area contributed by atoms with Crippen molar-refractivity contribution in [1.82, 2.24) is 9.62 Å². The third-order valence-corrected chi connectivity index (χ3v) is 6.38. The van der Waals surface area contributed by atoms with Crippen LogP contribution in [0.4, 0.5) is 5.69 Å². The number of hydrogen-bond donors (Lipinski definition) is 2. The molecule has 162 valence electrons. The van der Waals surface area contributed by atoms with Gasteiger partial charge in [0.1, 0.15) is 0 Å². The number of carbonyl (C=O) groups is 2. The van der Waals surface area contributed by atoms with Crippen LogP contribution in [0.25, 0.3) is 0 Å². The van der Waals surface area contributed by atoms with E-state index >= 15 is 0 Å². The molecule has 0 aliphatic carbocycles. The monoisotopic (exact) mass is 433 g/mol. The summed E-state index contributed by atoms with van der Waals surface area (Å²) in [7, 11) is -3.74. The Bertz CT molecular complexity index is 1010. The van der Waals surface area contributed by atoms with Gasteiger partial charge in [0.05, 0.1) is 0 Å². The first kappa shape index (κ1) is 22.0. The maximum atomic E-state index is 12.6. The minimum atomic E-state index is -3.74. The number of furan rings is 1. The second kappa shape index (κ2) is 8.61. The van der Waals surface area contributed by atoms with Gasteiger partial charge in [-0.15, -0.1) is 0 Å². The quantitative estimate of drug-likeness (QED) is 0.752. The van der Waals surface area contributed by atoms with Crippen LogP contribution in [0.1, 0.15) is 60.9 Å². The first-order valence-corrected chi connectivity index (χ1v) is 11.3. The molecule has 0 spiro atoms. The molecule has 2 N–H and O–H groups in total. The molecule has 1 fully saturated rings. The fourth-order valence-corrected chi connectivity index (χ4v) is 4.55. The fourth-order valence-electron chi connectivity index (χ4n) is 3.12. The molecule has 3 rings (SSSR count). The van der Waals surface area contributed by atoms with Gasteiger partial charge < -0.3 is 15.1 Å². The molecule has 0 radical (unpaired) electrons. The van der Waals surface area contributed by atoms with Gasteiger partial charge in [-0.3, -0.25) is 9.59 Å². The van der Waals surface area contributed by atoms with Crippen LogP contribution >= 0.6 is 0 Å². The Morgan fingerprint density at radius 3 is 2.17 bits per heavy atom. The highest BCUT2D eigenvalue weighted by Gasteiger charge is 2.29. The molecule has 1 aliphatic rings. The van der Waals surface area contributed by atoms with E-state index in [0.29, 0.717) is 24.3 Å². The maximum absolute atomic E-state index is 12.6. The average Bonchev–Trinajstić information content (AvgIpc) is 3.19. The maximum Gasteiger partial charge on any atom is 0.291 e. The highest BCUT2D eigenvalue weighted by atomic mass is 32.2. The molecule has 8 nitrogen and oxygen atoms in total. The van der Waals surface area contributed by atoms with Crippen LogP contribution in [0.3, 0.4) is 0 Å². The van der Waals surface area contributed by atoms with Gasteiger partial charge >= 0.3 is 0 Å². The third kappa shape index (κ3) is 5.28. The molecule has 1 aromatic carbocycles. The Morgan fingerprint density at radius 2 is 1.57 bits per heavy atom. The van der Waals surface area contributed by atoms with Gasteiger partial charge in [-0.2, -0.15) is 4.31 Å². The molecule has 1 saturated heterocycles. The van der Waals surface area contributed by atoms with Crippen LogP contribution in [0.2, 0.25) is 0 Å². The van der Waals surface area contributed by atoms with Crippen molar-refractivity contribution in [3.05, 3.63) is 47.7 Å². The molecule has 0 atom stereocenters. The zero-order valence-corrected chi connectivity index (χ0v) is 18.2. The average molecular weight is 434 g/mol. The summed E-state index contributed by atoms with van der Waals surface area (Å²) in [4.78, 5) is 24.6. The number of piperidine rings is 1. The predicted octanol–water partition coefficient (Wildman–Crippen LogP) is 3.23. The van der Waals surface area contributed by atoms with Crippen LogP contribution in [-0.2, 0) is 10.0 Å². The topological polar surface area (TPSA) is 109 Å². The number of amides is 2. The first-order valence-electron chi connectivity index (χ1n) is 9.90. The van der Waals surface area contributed by atoms with Crippen LogP contribution in [0.15, 0.2) is 45.9 Å². The number of sulfonamides is 1. The van der Waals surface area contributed by atoms with E-state index in [1.807, 2.05) is 20.8 Å². The van der Waals surface area contributed by atoms with E-state index in [1.54, 1.807) is 24.3 Å². The summed E-state index contributed by atoms with van der Waals surface area (Å²) in [5.74, 6) is -0.874. The summed E-state index contributed by atoms with van der Waals surface area (Å²) in [5, 5.41) is 5.27. The van der Waals surface area contributed by atoms with Crippen molar-refractivity contribution in [1.29, 1.82) is 0 Å². The summed E-state index contributed by atoms with van der Waals surface area (Å²) >= 11 is 0. The minimum Gasteiger partial charge on any atom is -0.438 e. The van der Waals surface area contributed by atoms with Crippen molar-refractivity contribution in [3.8, 4) is 0 Å². The Labute approximate surface area is 176 Å². The lowest BCUT2D eigenvalue weighted by molar-refractivity contribution is 0.0919. The van der Waals surface area contributed by atoms with Crippen molar-refractivity contribution >= 4 is 27.5 Å². The zero-order chi connectivity index (χ0) is 21.9. The lowest BCUT2D eigenvalue weighted by Gasteiger charge is -2.24. The van der Waals surface area contributed by atoms with E-state index in [1.165, 1.54) is 16.4 Å². The van der Waals surface area contributed by atoms with E-state index in [-0.39, 0.29) is 22.3 Å². The number of anilines is 1. The lowest BCUT2D eigenvalue weighted by Crippen LogP contribution is -2.40. The smallest absolute Gasteiger partial charge is 0.291 e. The summed E-state index contributed by atoms with van der Waals surface area (Å²) in [5.41, 5.74) is 0.579. The van der Waals surface area contributed by atoms with Gasteiger partial charge in [0.2, 0.25) is 5.09 Å². The second-order valence-electron chi connectivity index (χ2n) is 8.32. The van der Waals surface area contributed by atoms with E-state index in [4.69, 9.17) is 4.42 Å². The molecular formula is C21H27N3O5S. The molecule has 2 heterocycles. The number of carbonyl (C=O) groups excluding carboxylic acids is 2. The number of hydrogen-bond acceptors (Lipinski definition) is 5. The van der Waals surface area contributed by atoms with Crippen LogP contribution in [-0.4, -0.2) is 43.2 Å². The van der Waals surface area contributed by atoms with E-state index in [9.17, 15) is 18.0 Å². The summed E-state index contributed by atoms with van der Waals surface area (Å²) in [6, 6.07) is 9.06. The third-order valence-electron chi connectivity index (χ3n) is 4.61. The predicted molar refractivity (Wildman–Crippen MR) is 113 cm³/mol. The Morgan fingerprint density at radius 1 is 0.933 bits per heavy atom. The number of rotatable bonds is 5. The molecular weight excluding hydrogens is 406 g/mol. The Hall–Kier alpha value is -2.65. The largest absolute Gasteiger partial charge is 0.438 e. The molecule has 2 aromatic rings. The summed E-state index contributed by atoms with van der Waals surface area (Å²) in [6.45, 7) is 6.59. The van der Waals surface area contributed by atoms with Gasteiger partial charge in [0.15, 0.2) is 5.76 Å². The van der Waals surface area contributed by atoms with Gasteiger partial charge in [0, 0.05) is 29.9 Å². The van der Waals surface area contributed by atoms with Crippen molar-refractivity contribution in [2.45, 2.75) is 50.7 Å². The van der Waals surface area contributed by atoms with Crippen molar-refractivity contribution in [3.63, 3.8) is 0 Å². The molecule has 0 unspecified atom stereocenters. The van der Waals surface area contributed by atoms with Gasteiger partial charge in [-0.05, 0) is 70.0 Å². The van der Waals surface area contributed by atoms with Crippen molar-refractivity contribution in [2.24, 2.45) is 0 Å². The Kier molecular flexibility index (Phi) is 6.33. The molecule has 9 heteroatoms. The zero-order valence-electron chi connectivity index (χ0n) is 17.4. The van der Waals surface area contributed by atoms with Gasteiger partial charge in [-0.25, -0.2) is 8.42 Å². The van der Waals surface area contributed by atoms with Crippen LogP contribution in [0, 0.1) is 0 Å². The molecule has 30 heavy (non-hydrogen) atoms.